The molecule has 0 rings (SSSR count). The van der Waals surface area contributed by atoms with E-state index in [0.717, 1.165) is 13.2 Å². The molecule has 0 aliphatic heterocycles. The summed E-state index contributed by atoms with van der Waals surface area (Å²) in [6, 6.07) is 0. The van der Waals surface area contributed by atoms with Crippen LogP contribution in [0.1, 0.15) is 136 Å². The third-order valence-corrected chi connectivity index (χ3v) is 6.15. The smallest absolute Gasteiger partial charge is 0.0701 e. The third-order valence-electron chi connectivity index (χ3n) is 6.15. The Morgan fingerprint density at radius 2 is 0.455 bits per heavy atom. The fourth-order valence-corrected chi connectivity index (χ4v) is 3.97. The summed E-state index contributed by atoms with van der Waals surface area (Å²) < 4.78 is 22.4. The van der Waals surface area contributed by atoms with E-state index in [1.165, 1.54) is 122 Å². The fraction of sp³-hybridized carbons (Fsp3) is 1.00. The molecule has 0 radical (unpaired) electrons. The van der Waals surface area contributed by atoms with Crippen molar-refractivity contribution in [1.82, 2.24) is 0 Å². The first-order valence-electron chi connectivity index (χ1n) is 14.7. The van der Waals surface area contributed by atoms with Gasteiger partial charge in [0.2, 0.25) is 0 Å². The highest BCUT2D eigenvalue weighted by molar-refractivity contribution is 4.48. The molecule has 0 bridgehead atoms. The van der Waals surface area contributed by atoms with Gasteiger partial charge in [-0.1, -0.05) is 123 Å². The molecule has 0 atom stereocenters. The zero-order valence-electron chi connectivity index (χ0n) is 22.7. The lowest BCUT2D eigenvalue weighted by Crippen LogP contribution is -2.12. The molecule has 0 heterocycles. The van der Waals surface area contributed by atoms with Gasteiger partial charge in [-0.2, -0.15) is 0 Å². The summed E-state index contributed by atoms with van der Waals surface area (Å²) in [5.74, 6) is 0. The van der Waals surface area contributed by atoms with E-state index >= 15 is 0 Å². The Morgan fingerprint density at radius 1 is 0.242 bits per heavy atom. The van der Waals surface area contributed by atoms with Crippen molar-refractivity contribution < 1.29 is 18.9 Å². The van der Waals surface area contributed by atoms with Gasteiger partial charge in [-0.05, 0) is 12.8 Å². The van der Waals surface area contributed by atoms with Crippen molar-refractivity contribution in [2.45, 2.75) is 136 Å². The number of rotatable bonds is 30. The second kappa shape index (κ2) is 31.8. The third kappa shape index (κ3) is 31.8. The molecule has 0 spiro atoms. The lowest BCUT2D eigenvalue weighted by Gasteiger charge is -2.08. The summed E-state index contributed by atoms with van der Waals surface area (Å²) in [7, 11) is 0. The van der Waals surface area contributed by atoms with Gasteiger partial charge in [-0.15, -0.1) is 0 Å². The zero-order chi connectivity index (χ0) is 23.9. The van der Waals surface area contributed by atoms with E-state index in [9.17, 15) is 0 Å². The van der Waals surface area contributed by atoms with Crippen LogP contribution in [0.2, 0.25) is 0 Å². The van der Waals surface area contributed by atoms with Gasteiger partial charge in [-0.25, -0.2) is 0 Å². The Kier molecular flexibility index (Phi) is 31.7. The van der Waals surface area contributed by atoms with Gasteiger partial charge in [0.1, 0.15) is 0 Å². The molecule has 200 valence electrons. The standard InChI is InChI=1S/C29H60O4/c1-3-5-7-9-11-13-14-15-17-19-21-23-31-25-27-33-29-28-32-26-24-30-22-20-18-16-12-10-8-6-4-2/h3-29H2,1-2H3. The van der Waals surface area contributed by atoms with Crippen LogP contribution >= 0.6 is 0 Å². The van der Waals surface area contributed by atoms with Crippen LogP contribution in [0, 0.1) is 0 Å². The topological polar surface area (TPSA) is 36.9 Å². The molecule has 0 saturated heterocycles. The molecule has 0 aromatic carbocycles. The minimum absolute atomic E-state index is 0.639. The quantitative estimate of drug-likeness (QED) is 0.0982. The van der Waals surface area contributed by atoms with Crippen LogP contribution in [0.4, 0.5) is 0 Å². The minimum Gasteiger partial charge on any atom is -0.379 e. The number of hydrogen-bond donors (Lipinski definition) is 0. The van der Waals surface area contributed by atoms with Crippen LogP contribution < -0.4 is 0 Å². The average molecular weight is 473 g/mol. The summed E-state index contributed by atoms with van der Waals surface area (Å²) in [6.07, 6.45) is 25.8. The van der Waals surface area contributed by atoms with Crippen LogP contribution in [-0.2, 0) is 18.9 Å². The minimum atomic E-state index is 0.639. The largest absolute Gasteiger partial charge is 0.379 e. The van der Waals surface area contributed by atoms with E-state index in [2.05, 4.69) is 13.8 Å². The zero-order valence-corrected chi connectivity index (χ0v) is 22.7. The Balaban J connectivity index is 2.99. The molecule has 0 N–H and O–H groups in total. The van der Waals surface area contributed by atoms with Crippen LogP contribution in [0.15, 0.2) is 0 Å². The maximum absolute atomic E-state index is 5.65. The normalized spacial score (nSPS) is 11.5. The van der Waals surface area contributed by atoms with Crippen molar-refractivity contribution in [1.29, 1.82) is 0 Å². The first-order valence-corrected chi connectivity index (χ1v) is 14.7. The second-order valence-electron chi connectivity index (χ2n) is 9.46. The van der Waals surface area contributed by atoms with E-state index in [1.54, 1.807) is 0 Å². The molecule has 0 saturated carbocycles. The fourth-order valence-electron chi connectivity index (χ4n) is 3.97. The monoisotopic (exact) mass is 472 g/mol. The molecule has 0 aromatic heterocycles. The maximum atomic E-state index is 5.65. The van der Waals surface area contributed by atoms with Crippen molar-refractivity contribution in [3.63, 3.8) is 0 Å². The average Bonchev–Trinajstić information content (AvgIpc) is 2.83. The molecule has 4 heteroatoms. The van der Waals surface area contributed by atoms with Crippen molar-refractivity contribution in [2.75, 3.05) is 52.9 Å². The number of ether oxygens (including phenoxy) is 4. The Morgan fingerprint density at radius 3 is 0.727 bits per heavy atom. The summed E-state index contributed by atoms with van der Waals surface area (Å²) in [4.78, 5) is 0. The molecule has 33 heavy (non-hydrogen) atoms. The molecule has 4 nitrogen and oxygen atoms in total. The Hall–Kier alpha value is -0.160. The summed E-state index contributed by atoms with van der Waals surface area (Å²) >= 11 is 0. The lowest BCUT2D eigenvalue weighted by molar-refractivity contribution is -0.00248. The Bertz CT molecular complexity index is 295. The predicted molar refractivity (Wildman–Crippen MR) is 142 cm³/mol. The van der Waals surface area contributed by atoms with Crippen LogP contribution in [0.3, 0.4) is 0 Å². The lowest BCUT2D eigenvalue weighted by atomic mass is 10.1. The molecular formula is C29H60O4. The van der Waals surface area contributed by atoms with Crippen LogP contribution in [0.25, 0.3) is 0 Å². The first kappa shape index (κ1) is 32.8. The molecular weight excluding hydrogens is 412 g/mol. The van der Waals surface area contributed by atoms with Gasteiger partial charge in [0.15, 0.2) is 0 Å². The molecule has 0 amide bonds. The highest BCUT2D eigenvalue weighted by Gasteiger charge is 1.96. The van der Waals surface area contributed by atoms with Crippen molar-refractivity contribution in [2.24, 2.45) is 0 Å². The Labute approximate surface area is 207 Å². The highest BCUT2D eigenvalue weighted by atomic mass is 16.6. The number of unbranched alkanes of at least 4 members (excludes halogenated alkanes) is 17. The van der Waals surface area contributed by atoms with Crippen LogP contribution in [0.5, 0.6) is 0 Å². The molecule has 0 aromatic rings. The summed E-state index contributed by atoms with van der Waals surface area (Å²) in [5.41, 5.74) is 0. The molecule has 0 aliphatic rings. The molecule has 0 aliphatic carbocycles. The maximum Gasteiger partial charge on any atom is 0.0701 e. The highest BCUT2D eigenvalue weighted by Crippen LogP contribution is 2.11. The van der Waals surface area contributed by atoms with Gasteiger partial charge in [0, 0.05) is 13.2 Å². The predicted octanol–water partition coefficient (Wildman–Crippen LogP) is 8.50. The van der Waals surface area contributed by atoms with E-state index in [4.69, 9.17) is 18.9 Å². The van der Waals surface area contributed by atoms with E-state index in [0.29, 0.717) is 39.6 Å². The van der Waals surface area contributed by atoms with Gasteiger partial charge >= 0.3 is 0 Å². The summed E-state index contributed by atoms with van der Waals surface area (Å²) in [5, 5.41) is 0. The van der Waals surface area contributed by atoms with E-state index < -0.39 is 0 Å². The molecule has 0 unspecified atom stereocenters. The summed E-state index contributed by atoms with van der Waals surface area (Å²) in [6.45, 7) is 10.3. The number of hydrogen-bond acceptors (Lipinski definition) is 4. The van der Waals surface area contributed by atoms with Gasteiger partial charge in [-0.3, -0.25) is 0 Å². The van der Waals surface area contributed by atoms with Crippen molar-refractivity contribution in [3.8, 4) is 0 Å². The van der Waals surface area contributed by atoms with Crippen molar-refractivity contribution >= 4 is 0 Å². The first-order chi connectivity index (χ1) is 16.4. The molecule has 0 fully saturated rings. The van der Waals surface area contributed by atoms with E-state index in [-0.39, 0.29) is 0 Å². The van der Waals surface area contributed by atoms with Gasteiger partial charge < -0.3 is 18.9 Å². The second-order valence-corrected chi connectivity index (χ2v) is 9.46. The van der Waals surface area contributed by atoms with Crippen LogP contribution in [-0.4, -0.2) is 52.9 Å². The van der Waals surface area contributed by atoms with Gasteiger partial charge in [0.25, 0.3) is 0 Å². The SMILES string of the molecule is CCCCCCCCCCCCCOCCOCCOCCOCCCCCCCCCC. The van der Waals surface area contributed by atoms with E-state index in [1.807, 2.05) is 0 Å². The van der Waals surface area contributed by atoms with Crippen molar-refractivity contribution in [3.05, 3.63) is 0 Å². The van der Waals surface area contributed by atoms with Gasteiger partial charge in [0.05, 0.1) is 39.6 Å².